The molecule has 0 radical (unpaired) electrons. The Balaban J connectivity index is 2.58. The summed E-state index contributed by atoms with van der Waals surface area (Å²) >= 11 is 1.17. The maximum atomic E-state index is 12.0. The molecule has 1 aromatic rings. The lowest BCUT2D eigenvalue weighted by Gasteiger charge is -2.15. The fourth-order valence-corrected chi connectivity index (χ4v) is 2.11. The lowest BCUT2D eigenvalue weighted by atomic mass is 10.4. The van der Waals surface area contributed by atoms with Crippen molar-refractivity contribution in [2.75, 3.05) is 25.5 Å². The van der Waals surface area contributed by atoms with Crippen LogP contribution in [-0.4, -0.2) is 47.7 Å². The molecule has 0 aliphatic carbocycles. The van der Waals surface area contributed by atoms with Gasteiger partial charge in [-0.1, -0.05) is 6.92 Å². The van der Waals surface area contributed by atoms with Gasteiger partial charge in [-0.3, -0.25) is 14.4 Å². The number of anilines is 1. The highest BCUT2D eigenvalue weighted by Gasteiger charge is 2.17. The van der Waals surface area contributed by atoms with Crippen LogP contribution in [0.4, 0.5) is 5.13 Å². The summed E-state index contributed by atoms with van der Waals surface area (Å²) in [4.78, 5) is 39.7. The van der Waals surface area contributed by atoms with Gasteiger partial charge in [0.25, 0.3) is 5.91 Å². The Morgan fingerprint density at radius 1 is 1.40 bits per heavy atom. The lowest BCUT2D eigenvalue weighted by Crippen LogP contribution is -2.38. The van der Waals surface area contributed by atoms with Crippen LogP contribution in [0.15, 0.2) is 5.38 Å². The molecular weight excluding hydrogens is 280 g/mol. The third-order valence-electron chi connectivity index (χ3n) is 2.31. The molecule has 0 saturated heterocycles. The Labute approximate surface area is 121 Å². The number of likely N-dealkylation sites (N-methyl/N-ethyl adjacent to an activating group) is 1. The summed E-state index contributed by atoms with van der Waals surface area (Å²) < 4.78 is 0. The van der Waals surface area contributed by atoms with Gasteiger partial charge in [0.15, 0.2) is 5.13 Å². The van der Waals surface area contributed by atoms with Gasteiger partial charge in [-0.2, -0.15) is 0 Å². The van der Waals surface area contributed by atoms with Gasteiger partial charge in [0.2, 0.25) is 11.8 Å². The average Bonchev–Trinajstić information content (AvgIpc) is 2.82. The number of hydrogen-bond acceptors (Lipinski definition) is 5. The molecule has 0 bridgehead atoms. The van der Waals surface area contributed by atoms with Crippen LogP contribution in [0.25, 0.3) is 0 Å². The van der Waals surface area contributed by atoms with E-state index in [1.807, 2.05) is 6.92 Å². The molecule has 0 aliphatic rings. The highest BCUT2D eigenvalue weighted by atomic mass is 32.1. The van der Waals surface area contributed by atoms with Crippen LogP contribution < -0.4 is 10.6 Å². The number of rotatable bonds is 6. The fraction of sp³-hybridized carbons (Fsp3) is 0.500. The molecule has 1 aromatic heterocycles. The van der Waals surface area contributed by atoms with E-state index in [4.69, 9.17) is 0 Å². The SMILES string of the molecule is CCCNC(=O)CN(C)C(=O)c1csc(NC(C)=O)n1. The predicted molar refractivity (Wildman–Crippen MR) is 76.7 cm³/mol. The van der Waals surface area contributed by atoms with Crippen LogP contribution in [0.2, 0.25) is 0 Å². The molecule has 7 nitrogen and oxygen atoms in total. The molecule has 0 fully saturated rings. The molecule has 8 heteroatoms. The average molecular weight is 298 g/mol. The van der Waals surface area contributed by atoms with Crippen LogP contribution in [-0.2, 0) is 9.59 Å². The zero-order chi connectivity index (χ0) is 15.1. The minimum absolute atomic E-state index is 0.0220. The van der Waals surface area contributed by atoms with Gasteiger partial charge in [0.1, 0.15) is 5.69 Å². The first-order chi connectivity index (χ1) is 9.43. The Hall–Kier alpha value is -1.96. The number of aromatic nitrogens is 1. The van der Waals surface area contributed by atoms with Gasteiger partial charge in [-0.15, -0.1) is 11.3 Å². The first kappa shape index (κ1) is 16.1. The number of amides is 3. The Morgan fingerprint density at radius 3 is 2.70 bits per heavy atom. The van der Waals surface area contributed by atoms with Crippen molar-refractivity contribution < 1.29 is 14.4 Å². The van der Waals surface area contributed by atoms with E-state index in [9.17, 15) is 14.4 Å². The van der Waals surface area contributed by atoms with Crippen LogP contribution in [0.1, 0.15) is 30.8 Å². The van der Waals surface area contributed by atoms with E-state index in [2.05, 4.69) is 15.6 Å². The quantitative estimate of drug-likeness (QED) is 0.808. The Bertz CT molecular complexity index is 501. The number of thiazole rings is 1. The highest BCUT2D eigenvalue weighted by molar-refractivity contribution is 7.14. The number of carbonyl (C=O) groups is 3. The van der Waals surface area contributed by atoms with Crippen molar-refractivity contribution in [3.8, 4) is 0 Å². The van der Waals surface area contributed by atoms with E-state index in [1.54, 1.807) is 5.38 Å². The molecule has 0 aromatic carbocycles. The van der Waals surface area contributed by atoms with Gasteiger partial charge >= 0.3 is 0 Å². The van der Waals surface area contributed by atoms with Crippen LogP contribution >= 0.6 is 11.3 Å². The molecule has 2 N–H and O–H groups in total. The number of carbonyl (C=O) groups excluding carboxylic acids is 3. The van der Waals surface area contributed by atoms with Gasteiger partial charge < -0.3 is 15.5 Å². The van der Waals surface area contributed by atoms with Crippen molar-refractivity contribution >= 4 is 34.2 Å². The summed E-state index contributed by atoms with van der Waals surface area (Å²) in [6.07, 6.45) is 0.843. The molecule has 0 unspecified atom stereocenters. The normalized spacial score (nSPS) is 9.95. The van der Waals surface area contributed by atoms with E-state index in [-0.39, 0.29) is 30.0 Å². The largest absolute Gasteiger partial charge is 0.355 e. The second kappa shape index (κ2) is 7.59. The maximum Gasteiger partial charge on any atom is 0.273 e. The fourth-order valence-electron chi connectivity index (χ4n) is 1.38. The van der Waals surface area contributed by atoms with Gasteiger partial charge in [0, 0.05) is 25.9 Å². The molecular formula is C12H18N4O3S. The topological polar surface area (TPSA) is 91.4 Å². The van der Waals surface area contributed by atoms with Crippen LogP contribution in [0, 0.1) is 0 Å². The minimum atomic E-state index is -0.357. The van der Waals surface area contributed by atoms with Crippen molar-refractivity contribution in [2.24, 2.45) is 0 Å². The summed E-state index contributed by atoms with van der Waals surface area (Å²) in [5, 5.41) is 7.11. The molecule has 0 spiro atoms. The lowest BCUT2D eigenvalue weighted by molar-refractivity contribution is -0.121. The summed E-state index contributed by atoms with van der Waals surface area (Å²) in [7, 11) is 1.53. The molecule has 0 saturated carbocycles. The molecule has 20 heavy (non-hydrogen) atoms. The van der Waals surface area contributed by atoms with Crippen LogP contribution in [0.3, 0.4) is 0 Å². The smallest absolute Gasteiger partial charge is 0.273 e. The maximum absolute atomic E-state index is 12.0. The first-order valence-electron chi connectivity index (χ1n) is 6.19. The predicted octanol–water partition coefficient (Wildman–Crippen LogP) is 0.700. The molecule has 0 atom stereocenters. The van der Waals surface area contributed by atoms with E-state index < -0.39 is 0 Å². The van der Waals surface area contributed by atoms with Crippen LogP contribution in [0.5, 0.6) is 0 Å². The molecule has 1 heterocycles. The third kappa shape index (κ3) is 4.96. The van der Waals surface area contributed by atoms with Gasteiger partial charge in [-0.05, 0) is 6.42 Å². The summed E-state index contributed by atoms with van der Waals surface area (Å²) in [5.41, 5.74) is 0.213. The Kier molecular flexibility index (Phi) is 6.10. The third-order valence-corrected chi connectivity index (χ3v) is 3.06. The van der Waals surface area contributed by atoms with E-state index in [1.165, 1.54) is 30.2 Å². The van der Waals surface area contributed by atoms with Gasteiger partial charge in [-0.25, -0.2) is 4.98 Å². The number of nitrogens with zero attached hydrogens (tertiary/aromatic N) is 2. The van der Waals surface area contributed by atoms with Gasteiger partial charge in [0.05, 0.1) is 6.54 Å². The highest BCUT2D eigenvalue weighted by Crippen LogP contribution is 2.16. The summed E-state index contributed by atoms with van der Waals surface area (Å²) in [6.45, 7) is 3.89. The molecule has 1 rings (SSSR count). The summed E-state index contributed by atoms with van der Waals surface area (Å²) in [6, 6.07) is 0. The van der Waals surface area contributed by atoms with Crippen molar-refractivity contribution in [3.63, 3.8) is 0 Å². The van der Waals surface area contributed by atoms with E-state index in [0.717, 1.165) is 6.42 Å². The van der Waals surface area contributed by atoms with E-state index >= 15 is 0 Å². The molecule has 0 aliphatic heterocycles. The Morgan fingerprint density at radius 2 is 2.10 bits per heavy atom. The zero-order valence-electron chi connectivity index (χ0n) is 11.7. The molecule has 110 valence electrons. The zero-order valence-corrected chi connectivity index (χ0v) is 12.5. The van der Waals surface area contributed by atoms with Crippen molar-refractivity contribution in [1.29, 1.82) is 0 Å². The molecule has 3 amide bonds. The summed E-state index contributed by atoms with van der Waals surface area (Å²) in [5.74, 6) is -0.810. The van der Waals surface area contributed by atoms with Crippen molar-refractivity contribution in [3.05, 3.63) is 11.1 Å². The first-order valence-corrected chi connectivity index (χ1v) is 7.07. The number of nitrogens with one attached hydrogen (secondary N) is 2. The second-order valence-corrected chi connectivity index (χ2v) is 5.09. The second-order valence-electron chi connectivity index (χ2n) is 4.23. The standard InChI is InChI=1S/C12H18N4O3S/c1-4-5-13-10(18)6-16(3)11(19)9-7-20-12(15-9)14-8(2)17/h7H,4-6H2,1-3H3,(H,13,18)(H,14,15,17). The van der Waals surface area contributed by atoms with E-state index in [0.29, 0.717) is 11.7 Å². The van der Waals surface area contributed by atoms with Crippen molar-refractivity contribution in [2.45, 2.75) is 20.3 Å². The minimum Gasteiger partial charge on any atom is -0.355 e. The number of hydrogen-bond donors (Lipinski definition) is 2. The monoisotopic (exact) mass is 298 g/mol. The van der Waals surface area contributed by atoms with Crippen molar-refractivity contribution in [1.82, 2.24) is 15.2 Å².